The molecule has 1 saturated carbocycles. The van der Waals surface area contributed by atoms with Gasteiger partial charge in [-0.25, -0.2) is 4.98 Å². The van der Waals surface area contributed by atoms with Gasteiger partial charge in [-0.15, -0.1) is 11.3 Å². The van der Waals surface area contributed by atoms with Crippen molar-refractivity contribution in [1.82, 2.24) is 15.6 Å². The first-order valence-electron chi connectivity index (χ1n) is 11.2. The van der Waals surface area contributed by atoms with Crippen molar-refractivity contribution in [2.45, 2.75) is 44.4 Å². The summed E-state index contributed by atoms with van der Waals surface area (Å²) in [5.74, 6) is 0.674. The van der Waals surface area contributed by atoms with Crippen LogP contribution in [0.25, 0.3) is 0 Å². The van der Waals surface area contributed by atoms with Crippen molar-refractivity contribution in [3.63, 3.8) is 0 Å². The molecule has 0 unspecified atom stereocenters. The average Bonchev–Trinajstić information content (AvgIpc) is 3.33. The van der Waals surface area contributed by atoms with Gasteiger partial charge in [0.05, 0.1) is 17.7 Å². The molecule has 0 spiro atoms. The summed E-state index contributed by atoms with van der Waals surface area (Å²) in [4.78, 5) is 30.1. The van der Waals surface area contributed by atoms with Gasteiger partial charge in [-0.05, 0) is 43.2 Å². The Balaban J connectivity index is 1.36. The van der Waals surface area contributed by atoms with Crippen LogP contribution in [-0.4, -0.2) is 36.0 Å². The summed E-state index contributed by atoms with van der Waals surface area (Å²) in [5.41, 5.74) is 0.677. The maximum absolute atomic E-state index is 12.9. The Morgan fingerprint density at radius 2 is 1.71 bits per heavy atom. The summed E-state index contributed by atoms with van der Waals surface area (Å²) >= 11 is 13.5. The number of methoxy groups -OCH3 is 1. The number of para-hydroxylation sites is 2. The fourth-order valence-electron chi connectivity index (χ4n) is 4.00. The van der Waals surface area contributed by atoms with Crippen molar-refractivity contribution in [3.8, 4) is 11.5 Å². The highest BCUT2D eigenvalue weighted by Crippen LogP contribution is 2.27. The molecule has 2 aromatic carbocycles. The van der Waals surface area contributed by atoms with Gasteiger partial charge in [0.25, 0.3) is 11.8 Å². The van der Waals surface area contributed by atoms with E-state index >= 15 is 0 Å². The van der Waals surface area contributed by atoms with Crippen LogP contribution in [0.3, 0.4) is 0 Å². The molecule has 35 heavy (non-hydrogen) atoms. The highest BCUT2D eigenvalue weighted by Gasteiger charge is 2.29. The zero-order chi connectivity index (χ0) is 24.8. The highest BCUT2D eigenvalue weighted by atomic mass is 35.5. The van der Waals surface area contributed by atoms with Crippen LogP contribution in [0.4, 0.5) is 0 Å². The van der Waals surface area contributed by atoms with Crippen LogP contribution in [0.1, 0.15) is 51.5 Å². The van der Waals surface area contributed by atoms with Gasteiger partial charge in [-0.3, -0.25) is 9.59 Å². The number of carbonyl (C=O) groups is 2. The number of hydrogen-bond acceptors (Lipinski definition) is 6. The first-order valence-corrected chi connectivity index (χ1v) is 12.8. The number of thiazole rings is 1. The summed E-state index contributed by atoms with van der Waals surface area (Å²) < 4.78 is 11.1. The van der Waals surface area contributed by atoms with E-state index < -0.39 is 0 Å². The molecule has 4 rings (SSSR count). The van der Waals surface area contributed by atoms with Crippen LogP contribution in [0.2, 0.25) is 10.0 Å². The molecule has 0 saturated heterocycles. The predicted octanol–water partition coefficient (Wildman–Crippen LogP) is 5.51. The Morgan fingerprint density at radius 3 is 2.40 bits per heavy atom. The topological polar surface area (TPSA) is 89.6 Å². The van der Waals surface area contributed by atoms with Gasteiger partial charge < -0.3 is 20.1 Å². The van der Waals surface area contributed by atoms with E-state index in [-0.39, 0.29) is 35.5 Å². The number of rotatable bonds is 8. The fourth-order valence-corrected chi connectivity index (χ4v) is 5.18. The second kappa shape index (κ2) is 11.7. The zero-order valence-electron chi connectivity index (χ0n) is 19.1. The third kappa shape index (κ3) is 6.45. The second-order valence-corrected chi connectivity index (χ2v) is 9.92. The lowest BCUT2D eigenvalue weighted by Gasteiger charge is -2.32. The molecule has 2 N–H and O–H groups in total. The molecular weight excluding hydrogens is 509 g/mol. The van der Waals surface area contributed by atoms with Crippen LogP contribution in [0, 0.1) is 0 Å². The smallest absolute Gasteiger partial charge is 0.271 e. The standard InChI is InChI=1S/C25H25Cl2N3O4S/c1-33-21-8-4-5-9-22(21)34-13-23-28-20(14-35-23)25(32)30-19-7-3-2-6-18(19)29-24(31)16-11-10-15(26)12-17(16)27/h4-5,8-12,14,18-19H,2-3,6-7,13H2,1H3,(H,29,31)(H,30,32)/t18-,19-/m1/s1. The number of halogens is 2. The van der Waals surface area contributed by atoms with Crippen molar-refractivity contribution in [3.05, 3.63) is 74.2 Å². The Hall–Kier alpha value is -2.81. The maximum atomic E-state index is 12.9. The molecule has 1 aliphatic carbocycles. The molecule has 1 heterocycles. The van der Waals surface area contributed by atoms with Crippen LogP contribution >= 0.6 is 34.5 Å². The van der Waals surface area contributed by atoms with Gasteiger partial charge in [0.1, 0.15) is 17.3 Å². The van der Waals surface area contributed by atoms with Crippen molar-refractivity contribution in [2.24, 2.45) is 0 Å². The zero-order valence-corrected chi connectivity index (χ0v) is 21.4. The SMILES string of the molecule is COc1ccccc1OCc1nc(C(=O)N[C@@H]2CCCC[C@H]2NC(=O)c2ccc(Cl)cc2Cl)cs1. The Morgan fingerprint density at radius 1 is 1.03 bits per heavy atom. The number of hydrogen-bond donors (Lipinski definition) is 2. The van der Waals surface area contributed by atoms with Gasteiger partial charge >= 0.3 is 0 Å². The number of benzene rings is 2. The maximum Gasteiger partial charge on any atom is 0.271 e. The molecule has 10 heteroatoms. The minimum atomic E-state index is -0.290. The van der Waals surface area contributed by atoms with Crippen molar-refractivity contribution >= 4 is 46.4 Å². The molecule has 2 atom stereocenters. The second-order valence-electron chi connectivity index (χ2n) is 8.13. The lowest BCUT2D eigenvalue weighted by Crippen LogP contribution is -2.53. The summed E-state index contributed by atoms with van der Waals surface area (Å²) in [7, 11) is 1.58. The van der Waals surface area contributed by atoms with E-state index in [0.717, 1.165) is 25.7 Å². The molecule has 0 radical (unpaired) electrons. The van der Waals surface area contributed by atoms with Crippen molar-refractivity contribution in [2.75, 3.05) is 7.11 Å². The summed E-state index contributed by atoms with van der Waals surface area (Å²) in [5, 5.41) is 9.21. The van der Waals surface area contributed by atoms with E-state index in [1.165, 1.54) is 17.4 Å². The Labute approximate surface area is 217 Å². The van der Waals surface area contributed by atoms with Crippen molar-refractivity contribution < 1.29 is 19.1 Å². The third-order valence-electron chi connectivity index (χ3n) is 5.78. The van der Waals surface area contributed by atoms with E-state index in [1.54, 1.807) is 24.6 Å². The Kier molecular flexibility index (Phi) is 8.49. The predicted molar refractivity (Wildman–Crippen MR) is 137 cm³/mol. The van der Waals surface area contributed by atoms with Crippen molar-refractivity contribution in [1.29, 1.82) is 0 Å². The summed E-state index contributed by atoms with van der Waals surface area (Å²) in [6.07, 6.45) is 3.46. The molecule has 1 aliphatic rings. The number of ether oxygens (including phenoxy) is 2. The molecule has 1 fully saturated rings. The molecule has 1 aromatic heterocycles. The van der Waals surface area contributed by atoms with Gasteiger partial charge in [0.2, 0.25) is 0 Å². The number of carbonyl (C=O) groups excluding carboxylic acids is 2. The molecule has 7 nitrogen and oxygen atoms in total. The Bertz CT molecular complexity index is 1200. The fraction of sp³-hybridized carbons (Fsp3) is 0.320. The molecule has 0 aliphatic heterocycles. The minimum Gasteiger partial charge on any atom is -0.493 e. The average molecular weight is 534 g/mol. The van der Waals surface area contributed by atoms with E-state index in [9.17, 15) is 9.59 Å². The van der Waals surface area contributed by atoms with Crippen LogP contribution in [-0.2, 0) is 6.61 Å². The normalized spacial score (nSPS) is 17.5. The van der Waals surface area contributed by atoms with Crippen LogP contribution < -0.4 is 20.1 Å². The van der Waals surface area contributed by atoms with E-state index in [1.807, 2.05) is 24.3 Å². The monoisotopic (exact) mass is 533 g/mol. The first kappa shape index (κ1) is 25.3. The van der Waals surface area contributed by atoms with Crippen LogP contribution in [0.5, 0.6) is 11.5 Å². The number of nitrogens with one attached hydrogen (secondary N) is 2. The molecule has 2 amide bonds. The highest BCUT2D eigenvalue weighted by molar-refractivity contribution is 7.09. The number of nitrogens with zero attached hydrogens (tertiary/aromatic N) is 1. The van der Waals surface area contributed by atoms with Gasteiger partial charge in [0.15, 0.2) is 11.5 Å². The van der Waals surface area contributed by atoms with Gasteiger partial charge in [-0.1, -0.05) is 48.2 Å². The lowest BCUT2D eigenvalue weighted by molar-refractivity contribution is 0.0860. The van der Waals surface area contributed by atoms with E-state index in [4.69, 9.17) is 32.7 Å². The minimum absolute atomic E-state index is 0.207. The molecule has 184 valence electrons. The summed E-state index contributed by atoms with van der Waals surface area (Å²) in [6, 6.07) is 11.7. The molecular formula is C25H25Cl2N3O4S. The lowest BCUT2D eigenvalue weighted by atomic mass is 9.90. The van der Waals surface area contributed by atoms with E-state index in [2.05, 4.69) is 15.6 Å². The summed E-state index contributed by atoms with van der Waals surface area (Å²) in [6.45, 7) is 0.224. The largest absolute Gasteiger partial charge is 0.493 e. The third-order valence-corrected chi connectivity index (χ3v) is 7.15. The molecule has 3 aromatic rings. The van der Waals surface area contributed by atoms with Gasteiger partial charge in [-0.2, -0.15) is 0 Å². The van der Waals surface area contributed by atoms with Crippen LogP contribution in [0.15, 0.2) is 47.8 Å². The first-order chi connectivity index (χ1) is 16.9. The van der Waals surface area contributed by atoms with E-state index in [0.29, 0.717) is 32.8 Å². The number of aromatic nitrogens is 1. The molecule has 0 bridgehead atoms. The quantitative estimate of drug-likeness (QED) is 0.398. The van der Waals surface area contributed by atoms with Gasteiger partial charge in [0, 0.05) is 22.5 Å². The number of amides is 2.